The van der Waals surface area contributed by atoms with Crippen molar-refractivity contribution < 1.29 is 5.11 Å². The smallest absolute Gasteiger partial charge is 0.138 e. The predicted molar refractivity (Wildman–Crippen MR) is 80.8 cm³/mol. The zero-order valence-corrected chi connectivity index (χ0v) is 12.4. The van der Waals surface area contributed by atoms with Crippen molar-refractivity contribution in [1.82, 2.24) is 14.8 Å². The van der Waals surface area contributed by atoms with E-state index in [4.69, 9.17) is 0 Å². The van der Waals surface area contributed by atoms with Gasteiger partial charge in [0.15, 0.2) is 0 Å². The molecular weight excluding hydrogens is 250 g/mol. The highest BCUT2D eigenvalue weighted by atomic mass is 16.3. The molecule has 1 N–H and O–H groups in total. The number of aliphatic hydroxyl groups excluding tert-OH is 1. The predicted octanol–water partition coefficient (Wildman–Crippen LogP) is 2.99. The maximum absolute atomic E-state index is 10.6. The largest absolute Gasteiger partial charge is 0.386 e. The van der Waals surface area contributed by atoms with Crippen molar-refractivity contribution in [2.45, 2.75) is 33.8 Å². The molecule has 0 amide bonds. The lowest BCUT2D eigenvalue weighted by molar-refractivity contribution is 0.109. The highest BCUT2D eigenvalue weighted by Crippen LogP contribution is 2.28. The molecule has 0 spiro atoms. The van der Waals surface area contributed by atoms with Crippen LogP contribution in [0.15, 0.2) is 36.9 Å². The monoisotopic (exact) mass is 271 g/mol. The maximum Gasteiger partial charge on any atom is 0.138 e. The van der Waals surface area contributed by atoms with Gasteiger partial charge >= 0.3 is 0 Å². The fraction of sp³-hybridized carbons (Fsp3) is 0.375. The summed E-state index contributed by atoms with van der Waals surface area (Å²) in [4.78, 5) is 3.96. The first-order chi connectivity index (χ1) is 9.38. The molecule has 1 heterocycles. The van der Waals surface area contributed by atoms with E-state index in [0.29, 0.717) is 0 Å². The Labute approximate surface area is 119 Å². The van der Waals surface area contributed by atoms with Gasteiger partial charge in [-0.25, -0.2) is 9.67 Å². The summed E-state index contributed by atoms with van der Waals surface area (Å²) < 4.78 is 1.62. The molecule has 4 heteroatoms. The highest BCUT2D eigenvalue weighted by Gasteiger charge is 2.27. The number of aryl methyl sites for hydroxylation is 1. The van der Waals surface area contributed by atoms with E-state index >= 15 is 0 Å². The highest BCUT2D eigenvalue weighted by molar-refractivity contribution is 5.73. The molecule has 1 aromatic heterocycles. The summed E-state index contributed by atoms with van der Waals surface area (Å²) in [5.74, 6) is 0. The molecule has 0 saturated carbocycles. The first kappa shape index (κ1) is 14.5. The van der Waals surface area contributed by atoms with E-state index in [1.54, 1.807) is 11.0 Å². The molecule has 0 aliphatic rings. The van der Waals surface area contributed by atoms with Crippen LogP contribution in [0.2, 0.25) is 0 Å². The third kappa shape index (κ3) is 3.33. The van der Waals surface area contributed by atoms with Gasteiger partial charge in [0.1, 0.15) is 18.8 Å². The Balaban J connectivity index is 2.44. The van der Waals surface area contributed by atoms with Crippen LogP contribution >= 0.6 is 0 Å². The number of nitrogens with zero attached hydrogens (tertiary/aromatic N) is 3. The minimum atomic E-state index is -0.634. The van der Waals surface area contributed by atoms with Gasteiger partial charge in [-0.15, -0.1) is 0 Å². The van der Waals surface area contributed by atoms with Crippen molar-refractivity contribution in [2.24, 2.45) is 5.41 Å². The second-order valence-corrected chi connectivity index (χ2v) is 6.09. The quantitative estimate of drug-likeness (QED) is 0.933. The first-order valence-electron chi connectivity index (χ1n) is 6.69. The van der Waals surface area contributed by atoms with Crippen LogP contribution in [0.3, 0.4) is 0 Å². The van der Waals surface area contributed by atoms with Gasteiger partial charge in [-0.1, -0.05) is 50.6 Å². The van der Waals surface area contributed by atoms with Crippen LogP contribution in [0.25, 0.3) is 11.8 Å². The summed E-state index contributed by atoms with van der Waals surface area (Å²) in [6, 6.07) is 8.16. The molecule has 1 aromatic carbocycles. The van der Waals surface area contributed by atoms with Gasteiger partial charge in [0, 0.05) is 0 Å². The van der Waals surface area contributed by atoms with E-state index in [-0.39, 0.29) is 5.41 Å². The normalized spacial score (nSPS) is 14.3. The molecule has 1 atom stereocenters. The van der Waals surface area contributed by atoms with Crippen molar-refractivity contribution in [1.29, 1.82) is 0 Å². The Morgan fingerprint density at radius 2 is 1.90 bits per heavy atom. The number of hydrogen-bond donors (Lipinski definition) is 1. The van der Waals surface area contributed by atoms with Gasteiger partial charge in [0.05, 0.1) is 5.70 Å². The number of aromatic nitrogens is 3. The Bertz CT molecular complexity index is 577. The van der Waals surface area contributed by atoms with E-state index in [9.17, 15) is 5.11 Å². The Morgan fingerprint density at radius 1 is 1.25 bits per heavy atom. The molecule has 0 aliphatic heterocycles. The molecule has 20 heavy (non-hydrogen) atoms. The summed E-state index contributed by atoms with van der Waals surface area (Å²) in [5, 5.41) is 14.7. The molecular formula is C16H21N3O. The zero-order valence-electron chi connectivity index (χ0n) is 12.4. The maximum atomic E-state index is 10.6. The van der Waals surface area contributed by atoms with Gasteiger partial charge in [0.2, 0.25) is 0 Å². The van der Waals surface area contributed by atoms with Crippen LogP contribution in [0.5, 0.6) is 0 Å². The summed E-state index contributed by atoms with van der Waals surface area (Å²) in [5.41, 5.74) is 2.69. The molecule has 2 aromatic rings. The van der Waals surface area contributed by atoms with E-state index in [2.05, 4.69) is 17.0 Å². The second kappa shape index (κ2) is 5.59. The van der Waals surface area contributed by atoms with Crippen LogP contribution in [0.1, 0.15) is 31.9 Å². The SMILES string of the molecule is Cc1ccc(/C=C(\C(O)C(C)(C)C)n2cncn2)cc1. The van der Waals surface area contributed by atoms with Crippen molar-refractivity contribution in [3.05, 3.63) is 48.0 Å². The first-order valence-corrected chi connectivity index (χ1v) is 6.69. The molecule has 1 unspecified atom stereocenters. The average molecular weight is 271 g/mol. The number of rotatable bonds is 3. The number of aliphatic hydroxyl groups is 1. The van der Waals surface area contributed by atoms with Crippen LogP contribution in [-0.4, -0.2) is 26.0 Å². The van der Waals surface area contributed by atoms with E-state index in [1.165, 1.54) is 11.9 Å². The zero-order chi connectivity index (χ0) is 14.8. The minimum absolute atomic E-state index is 0.275. The van der Waals surface area contributed by atoms with Gasteiger partial charge in [-0.05, 0) is 24.0 Å². The van der Waals surface area contributed by atoms with Crippen LogP contribution in [0.4, 0.5) is 0 Å². The van der Waals surface area contributed by atoms with Gasteiger partial charge < -0.3 is 5.11 Å². The molecule has 0 fully saturated rings. The van der Waals surface area contributed by atoms with Crippen LogP contribution in [0, 0.1) is 12.3 Å². The van der Waals surface area contributed by atoms with E-state index in [1.807, 2.05) is 51.1 Å². The van der Waals surface area contributed by atoms with Crippen molar-refractivity contribution >= 4 is 11.8 Å². The third-order valence-electron chi connectivity index (χ3n) is 3.18. The minimum Gasteiger partial charge on any atom is -0.386 e. The molecule has 0 aliphatic carbocycles. The fourth-order valence-electron chi connectivity index (χ4n) is 1.89. The van der Waals surface area contributed by atoms with E-state index in [0.717, 1.165) is 11.3 Å². The van der Waals surface area contributed by atoms with Crippen molar-refractivity contribution in [3.63, 3.8) is 0 Å². The Morgan fingerprint density at radius 3 is 2.40 bits per heavy atom. The topological polar surface area (TPSA) is 50.9 Å². The Hall–Kier alpha value is -1.94. The molecule has 0 radical (unpaired) electrons. The standard InChI is InChI=1S/C16H21N3O/c1-12-5-7-13(8-6-12)9-14(15(20)16(2,3)4)19-11-17-10-18-19/h5-11,15,20H,1-4H3/b14-9+. The lowest BCUT2D eigenvalue weighted by Gasteiger charge is -2.28. The summed E-state index contributed by atoms with van der Waals surface area (Å²) >= 11 is 0. The Kier molecular flexibility index (Phi) is 4.04. The number of benzene rings is 1. The van der Waals surface area contributed by atoms with Crippen LogP contribution in [-0.2, 0) is 0 Å². The summed E-state index contributed by atoms with van der Waals surface area (Å²) in [6.45, 7) is 8.04. The van der Waals surface area contributed by atoms with E-state index < -0.39 is 6.10 Å². The van der Waals surface area contributed by atoms with Crippen molar-refractivity contribution in [3.8, 4) is 0 Å². The lowest BCUT2D eigenvalue weighted by atomic mass is 9.86. The average Bonchev–Trinajstić information content (AvgIpc) is 2.90. The molecule has 4 nitrogen and oxygen atoms in total. The molecule has 2 rings (SSSR count). The fourth-order valence-corrected chi connectivity index (χ4v) is 1.89. The molecule has 106 valence electrons. The summed E-state index contributed by atoms with van der Waals surface area (Å²) in [7, 11) is 0. The summed E-state index contributed by atoms with van der Waals surface area (Å²) in [6.07, 6.45) is 4.39. The molecule has 0 saturated heterocycles. The van der Waals surface area contributed by atoms with Crippen molar-refractivity contribution in [2.75, 3.05) is 0 Å². The third-order valence-corrected chi connectivity index (χ3v) is 3.18. The van der Waals surface area contributed by atoms with Gasteiger partial charge in [0.25, 0.3) is 0 Å². The van der Waals surface area contributed by atoms with Gasteiger partial charge in [-0.2, -0.15) is 5.10 Å². The van der Waals surface area contributed by atoms with Crippen LogP contribution < -0.4 is 0 Å². The molecule has 0 bridgehead atoms. The number of hydrogen-bond acceptors (Lipinski definition) is 3. The van der Waals surface area contributed by atoms with Gasteiger partial charge in [-0.3, -0.25) is 0 Å². The second-order valence-electron chi connectivity index (χ2n) is 6.09. The lowest BCUT2D eigenvalue weighted by Crippen LogP contribution is -2.29.